The minimum absolute atomic E-state index is 0.178. The predicted octanol–water partition coefficient (Wildman–Crippen LogP) is 0.632. The summed E-state index contributed by atoms with van der Waals surface area (Å²) in [5.74, 6) is 0.169. The van der Waals surface area contributed by atoms with E-state index in [1.165, 1.54) is 11.8 Å². The number of amidine groups is 1. The van der Waals surface area contributed by atoms with E-state index >= 15 is 0 Å². The highest BCUT2D eigenvalue weighted by atomic mass is 32.2. The van der Waals surface area contributed by atoms with Crippen molar-refractivity contribution in [2.75, 3.05) is 25.4 Å². The van der Waals surface area contributed by atoms with E-state index in [0.29, 0.717) is 12.4 Å². The third kappa shape index (κ3) is 4.17. The molecule has 1 aliphatic rings. The van der Waals surface area contributed by atoms with Crippen LogP contribution in [0.3, 0.4) is 0 Å². The zero-order valence-electron chi connectivity index (χ0n) is 7.71. The van der Waals surface area contributed by atoms with E-state index in [0.717, 1.165) is 24.7 Å². The third-order valence-corrected chi connectivity index (χ3v) is 2.43. The van der Waals surface area contributed by atoms with Crippen LogP contribution in [0.5, 0.6) is 0 Å². The summed E-state index contributed by atoms with van der Waals surface area (Å²) in [6.07, 6.45) is 1.07. The number of hydrogen-bond donors (Lipinski definition) is 1. The largest absolute Gasteiger partial charge is 0.465 e. The van der Waals surface area contributed by atoms with Gasteiger partial charge in [0.25, 0.3) is 0 Å². The normalized spacial score (nSPS) is 15.9. The number of aliphatic imine (C=N–C) groups is 1. The Morgan fingerprint density at radius 1 is 1.77 bits per heavy atom. The molecule has 0 aliphatic carbocycles. The Labute approximate surface area is 82.1 Å². The lowest BCUT2D eigenvalue weighted by Gasteiger charge is -2.12. The van der Waals surface area contributed by atoms with Gasteiger partial charge in [-0.15, -0.1) is 0 Å². The van der Waals surface area contributed by atoms with Crippen LogP contribution in [0.4, 0.5) is 0 Å². The summed E-state index contributed by atoms with van der Waals surface area (Å²) in [6.45, 7) is 4.06. The molecule has 5 heteroatoms. The highest BCUT2D eigenvalue weighted by Gasteiger charge is 2.08. The second kappa shape index (κ2) is 5.85. The molecule has 0 fully saturated rings. The molecule has 1 rings (SSSR count). The molecule has 0 aromatic rings. The molecule has 1 N–H and O–H groups in total. The summed E-state index contributed by atoms with van der Waals surface area (Å²) in [5.41, 5.74) is 0. The van der Waals surface area contributed by atoms with Crippen LogP contribution in [0, 0.1) is 0 Å². The minimum Gasteiger partial charge on any atom is -0.465 e. The highest BCUT2D eigenvalue weighted by molar-refractivity contribution is 8.14. The lowest BCUT2D eigenvalue weighted by atomic mass is 10.4. The third-order valence-electron chi connectivity index (χ3n) is 1.50. The molecule has 0 saturated heterocycles. The molecule has 0 saturated carbocycles. The summed E-state index contributed by atoms with van der Waals surface area (Å²) in [7, 11) is 0. The number of ether oxygens (including phenoxy) is 1. The van der Waals surface area contributed by atoms with Gasteiger partial charge in [0, 0.05) is 13.1 Å². The Bertz CT molecular complexity index is 206. The first-order valence-corrected chi connectivity index (χ1v) is 5.38. The van der Waals surface area contributed by atoms with E-state index in [4.69, 9.17) is 4.74 Å². The van der Waals surface area contributed by atoms with Crippen LogP contribution in [0.1, 0.15) is 13.3 Å². The molecule has 0 aromatic heterocycles. The number of nitrogens with one attached hydrogen (secondary N) is 1. The number of nitrogens with zero attached hydrogens (tertiary/aromatic N) is 1. The fourth-order valence-corrected chi connectivity index (χ4v) is 1.66. The van der Waals surface area contributed by atoms with Crippen LogP contribution in [-0.2, 0) is 9.53 Å². The molecule has 0 radical (unpaired) electrons. The maximum Gasteiger partial charge on any atom is 0.316 e. The van der Waals surface area contributed by atoms with Crippen molar-refractivity contribution in [2.45, 2.75) is 13.3 Å². The fraction of sp³-hybridized carbons (Fsp3) is 0.750. The van der Waals surface area contributed by atoms with Crippen molar-refractivity contribution >= 4 is 22.9 Å². The molecule has 1 aliphatic heterocycles. The van der Waals surface area contributed by atoms with Gasteiger partial charge in [0.15, 0.2) is 5.17 Å². The number of thioether (sulfide) groups is 1. The van der Waals surface area contributed by atoms with Crippen LogP contribution in [-0.4, -0.2) is 36.6 Å². The summed E-state index contributed by atoms with van der Waals surface area (Å²) in [4.78, 5) is 15.2. The second-order valence-electron chi connectivity index (χ2n) is 2.56. The molecular formula is C8H14N2O2S. The summed E-state index contributed by atoms with van der Waals surface area (Å²) in [6, 6.07) is 0. The Hall–Kier alpha value is -0.710. The van der Waals surface area contributed by atoms with Crippen molar-refractivity contribution in [1.29, 1.82) is 0 Å². The first-order valence-electron chi connectivity index (χ1n) is 4.39. The molecule has 0 spiro atoms. The Morgan fingerprint density at radius 2 is 2.62 bits per heavy atom. The molecule has 74 valence electrons. The van der Waals surface area contributed by atoms with Crippen LogP contribution in [0.25, 0.3) is 0 Å². The molecule has 0 atom stereocenters. The van der Waals surface area contributed by atoms with Gasteiger partial charge in [-0.1, -0.05) is 11.8 Å². The van der Waals surface area contributed by atoms with Gasteiger partial charge in [-0.25, -0.2) is 0 Å². The smallest absolute Gasteiger partial charge is 0.316 e. The van der Waals surface area contributed by atoms with Gasteiger partial charge >= 0.3 is 5.97 Å². The monoisotopic (exact) mass is 202 g/mol. The molecule has 13 heavy (non-hydrogen) atoms. The van der Waals surface area contributed by atoms with Crippen molar-refractivity contribution in [2.24, 2.45) is 4.99 Å². The Balaban J connectivity index is 2.17. The van der Waals surface area contributed by atoms with Crippen LogP contribution in [0.15, 0.2) is 4.99 Å². The summed E-state index contributed by atoms with van der Waals surface area (Å²) in [5, 5.41) is 3.98. The average Bonchev–Trinajstić information content (AvgIpc) is 2.17. The molecule has 0 unspecified atom stereocenters. The Kier molecular flexibility index (Phi) is 4.67. The molecule has 1 heterocycles. The van der Waals surface area contributed by atoms with Gasteiger partial charge in [-0.3, -0.25) is 9.79 Å². The molecule has 0 bridgehead atoms. The molecule has 0 aromatic carbocycles. The van der Waals surface area contributed by atoms with Crippen molar-refractivity contribution in [1.82, 2.24) is 5.32 Å². The van der Waals surface area contributed by atoms with Gasteiger partial charge in [-0.2, -0.15) is 0 Å². The Morgan fingerprint density at radius 3 is 3.23 bits per heavy atom. The quantitative estimate of drug-likeness (QED) is 0.682. The predicted molar refractivity (Wildman–Crippen MR) is 54.0 cm³/mol. The SMILES string of the molecule is CCOC(=O)CSC1=NCCCN1. The second-order valence-corrected chi connectivity index (χ2v) is 3.52. The maximum atomic E-state index is 11.0. The molecule has 4 nitrogen and oxygen atoms in total. The topological polar surface area (TPSA) is 50.7 Å². The zero-order chi connectivity index (χ0) is 9.52. The highest BCUT2D eigenvalue weighted by Crippen LogP contribution is 2.05. The maximum absolute atomic E-state index is 11.0. The number of hydrogen-bond acceptors (Lipinski definition) is 5. The van der Waals surface area contributed by atoms with Crippen LogP contribution < -0.4 is 5.32 Å². The van der Waals surface area contributed by atoms with E-state index in [1.54, 1.807) is 6.92 Å². The number of carbonyl (C=O) groups is 1. The van der Waals surface area contributed by atoms with Gasteiger partial charge < -0.3 is 10.1 Å². The zero-order valence-corrected chi connectivity index (χ0v) is 8.52. The lowest BCUT2D eigenvalue weighted by Crippen LogP contribution is -2.27. The number of carbonyl (C=O) groups excluding carboxylic acids is 1. The standard InChI is InChI=1S/C8H14N2O2S/c1-2-12-7(11)6-13-8-9-4-3-5-10-8/h2-6H2,1H3,(H,9,10). The minimum atomic E-state index is -0.178. The van der Waals surface area contributed by atoms with Crippen molar-refractivity contribution in [3.8, 4) is 0 Å². The average molecular weight is 202 g/mol. The van der Waals surface area contributed by atoms with E-state index < -0.39 is 0 Å². The van der Waals surface area contributed by atoms with E-state index in [-0.39, 0.29) is 5.97 Å². The van der Waals surface area contributed by atoms with Crippen LogP contribution in [0.2, 0.25) is 0 Å². The van der Waals surface area contributed by atoms with Gasteiger partial charge in [0.05, 0.1) is 12.4 Å². The summed E-state index contributed by atoms with van der Waals surface area (Å²) >= 11 is 1.41. The fourth-order valence-electron chi connectivity index (χ4n) is 0.937. The first kappa shape index (κ1) is 10.4. The van der Waals surface area contributed by atoms with E-state index in [2.05, 4.69) is 10.3 Å². The molecule has 0 amide bonds. The number of esters is 1. The van der Waals surface area contributed by atoms with Crippen LogP contribution >= 0.6 is 11.8 Å². The van der Waals surface area contributed by atoms with Crippen molar-refractivity contribution < 1.29 is 9.53 Å². The lowest BCUT2D eigenvalue weighted by molar-refractivity contribution is -0.139. The van der Waals surface area contributed by atoms with E-state index in [1.807, 2.05) is 0 Å². The first-order chi connectivity index (χ1) is 6.33. The van der Waals surface area contributed by atoms with Gasteiger partial charge in [-0.05, 0) is 13.3 Å². The van der Waals surface area contributed by atoms with Gasteiger partial charge in [0.2, 0.25) is 0 Å². The van der Waals surface area contributed by atoms with Gasteiger partial charge in [0.1, 0.15) is 0 Å². The number of rotatable bonds is 3. The van der Waals surface area contributed by atoms with E-state index in [9.17, 15) is 4.79 Å². The van der Waals surface area contributed by atoms with Crippen molar-refractivity contribution in [3.05, 3.63) is 0 Å². The summed E-state index contributed by atoms with van der Waals surface area (Å²) < 4.78 is 4.79. The van der Waals surface area contributed by atoms with Crippen molar-refractivity contribution in [3.63, 3.8) is 0 Å². The molecular weight excluding hydrogens is 188 g/mol.